The van der Waals surface area contributed by atoms with E-state index in [9.17, 15) is 24.1 Å². The number of rotatable bonds is 7. The van der Waals surface area contributed by atoms with Crippen LogP contribution in [-0.4, -0.2) is 30.0 Å². The second kappa shape index (κ2) is 8.56. The van der Waals surface area contributed by atoms with Crippen LogP contribution in [0.5, 0.6) is 5.75 Å². The number of nitrogens with one attached hydrogen (secondary N) is 1. The fourth-order valence-corrected chi connectivity index (χ4v) is 1.97. The lowest BCUT2D eigenvalue weighted by molar-refractivity contribution is -0.384. The molecule has 1 N–H and O–H groups in total. The first-order chi connectivity index (χ1) is 12.3. The fourth-order valence-electron chi connectivity index (χ4n) is 1.97. The molecular weight excluding hydrogens is 347 g/mol. The van der Waals surface area contributed by atoms with E-state index in [2.05, 4.69) is 5.32 Å². The van der Waals surface area contributed by atoms with Gasteiger partial charge in [0, 0.05) is 23.9 Å². The third-order valence-electron chi connectivity index (χ3n) is 3.21. The van der Waals surface area contributed by atoms with Crippen LogP contribution in [0.2, 0.25) is 0 Å². The van der Waals surface area contributed by atoms with Crippen LogP contribution in [0, 0.1) is 22.9 Å². The lowest BCUT2D eigenvalue weighted by Crippen LogP contribution is -2.24. The topological polar surface area (TPSA) is 108 Å². The number of carbonyl (C=O) groups excluding carboxylic acids is 2. The van der Waals surface area contributed by atoms with E-state index in [-0.39, 0.29) is 11.4 Å². The minimum absolute atomic E-state index is 0.0959. The van der Waals surface area contributed by atoms with Crippen molar-refractivity contribution in [3.63, 3.8) is 0 Å². The molecular formula is C17H15FN2O6. The Morgan fingerprint density at radius 2 is 1.96 bits per heavy atom. The highest BCUT2D eigenvalue weighted by Gasteiger charge is 2.12. The summed E-state index contributed by atoms with van der Waals surface area (Å²) >= 11 is 0. The molecule has 26 heavy (non-hydrogen) atoms. The summed E-state index contributed by atoms with van der Waals surface area (Å²) in [6.07, 6.45) is 0. The first kappa shape index (κ1) is 18.8. The maximum atomic E-state index is 13.0. The Morgan fingerprint density at radius 1 is 1.19 bits per heavy atom. The Morgan fingerprint density at radius 3 is 2.62 bits per heavy atom. The number of benzene rings is 2. The largest absolute Gasteiger partial charge is 0.482 e. The molecule has 0 bridgehead atoms. The molecule has 0 atom stereocenters. The average Bonchev–Trinajstić information content (AvgIpc) is 2.60. The van der Waals surface area contributed by atoms with Crippen molar-refractivity contribution in [1.29, 1.82) is 0 Å². The molecule has 0 aliphatic heterocycles. The first-order valence-electron chi connectivity index (χ1n) is 7.44. The van der Waals surface area contributed by atoms with E-state index in [4.69, 9.17) is 9.47 Å². The van der Waals surface area contributed by atoms with Gasteiger partial charge in [-0.05, 0) is 30.7 Å². The van der Waals surface area contributed by atoms with Crippen LogP contribution in [0.1, 0.15) is 5.56 Å². The molecule has 0 aromatic heterocycles. The molecule has 136 valence electrons. The SMILES string of the molecule is Cc1cc([N+](=O)[O-])ccc1NC(=O)COC(=O)COc1cccc(F)c1. The van der Waals surface area contributed by atoms with Crippen molar-refractivity contribution in [1.82, 2.24) is 0 Å². The number of carbonyl (C=O) groups is 2. The normalized spacial score (nSPS) is 10.1. The van der Waals surface area contributed by atoms with E-state index in [0.717, 1.165) is 6.07 Å². The van der Waals surface area contributed by atoms with Gasteiger partial charge >= 0.3 is 5.97 Å². The van der Waals surface area contributed by atoms with Crippen LogP contribution in [0.15, 0.2) is 42.5 Å². The predicted octanol–water partition coefficient (Wildman–Crippen LogP) is 2.60. The molecule has 0 heterocycles. The summed E-state index contributed by atoms with van der Waals surface area (Å²) in [5.41, 5.74) is 0.766. The maximum Gasteiger partial charge on any atom is 0.344 e. The highest BCUT2D eigenvalue weighted by Crippen LogP contribution is 2.21. The number of anilines is 1. The summed E-state index contributed by atoms with van der Waals surface area (Å²) in [5, 5.41) is 13.2. The Kier molecular flexibility index (Phi) is 6.20. The lowest BCUT2D eigenvalue weighted by Gasteiger charge is -2.09. The van der Waals surface area contributed by atoms with Gasteiger partial charge in [0.05, 0.1) is 4.92 Å². The molecule has 0 fully saturated rings. The molecule has 0 aliphatic rings. The molecule has 2 aromatic rings. The van der Waals surface area contributed by atoms with Crippen molar-refractivity contribution >= 4 is 23.3 Å². The van der Waals surface area contributed by atoms with Gasteiger partial charge in [-0.2, -0.15) is 0 Å². The Balaban J connectivity index is 1.79. The molecule has 0 spiro atoms. The molecule has 0 aliphatic carbocycles. The summed E-state index contributed by atoms with van der Waals surface area (Å²) in [6.45, 7) is 0.566. The number of halogens is 1. The van der Waals surface area contributed by atoms with Gasteiger partial charge in [0.1, 0.15) is 11.6 Å². The highest BCUT2D eigenvalue weighted by molar-refractivity contribution is 5.93. The summed E-state index contributed by atoms with van der Waals surface area (Å²) in [4.78, 5) is 33.5. The number of esters is 1. The summed E-state index contributed by atoms with van der Waals surface area (Å²) < 4.78 is 22.8. The first-order valence-corrected chi connectivity index (χ1v) is 7.44. The maximum absolute atomic E-state index is 13.0. The molecule has 0 saturated heterocycles. The number of aryl methyl sites for hydroxylation is 1. The van der Waals surface area contributed by atoms with Gasteiger partial charge in [0.15, 0.2) is 13.2 Å². The van der Waals surface area contributed by atoms with Gasteiger partial charge < -0.3 is 14.8 Å². The smallest absolute Gasteiger partial charge is 0.344 e. The van der Waals surface area contributed by atoms with Crippen LogP contribution in [0.4, 0.5) is 15.8 Å². The van der Waals surface area contributed by atoms with Gasteiger partial charge in [-0.25, -0.2) is 9.18 Å². The van der Waals surface area contributed by atoms with E-state index >= 15 is 0 Å². The number of amides is 1. The van der Waals surface area contributed by atoms with Crippen molar-refractivity contribution < 1.29 is 28.4 Å². The standard InChI is InChI=1S/C17H15FN2O6/c1-11-7-13(20(23)24)5-6-15(11)19-16(21)9-26-17(22)10-25-14-4-2-3-12(18)8-14/h2-8H,9-10H2,1H3,(H,19,21). The Bertz CT molecular complexity index is 840. The van der Waals surface area contributed by atoms with Crippen molar-refractivity contribution in [3.8, 4) is 5.75 Å². The minimum Gasteiger partial charge on any atom is -0.482 e. The second-order valence-corrected chi connectivity index (χ2v) is 5.21. The molecule has 1 amide bonds. The van der Waals surface area contributed by atoms with Gasteiger partial charge in [0.2, 0.25) is 0 Å². The van der Waals surface area contributed by atoms with E-state index in [1.54, 1.807) is 6.92 Å². The van der Waals surface area contributed by atoms with E-state index in [1.165, 1.54) is 36.4 Å². The number of ether oxygens (including phenoxy) is 2. The van der Waals surface area contributed by atoms with Crippen LogP contribution in [0.25, 0.3) is 0 Å². The third-order valence-corrected chi connectivity index (χ3v) is 3.21. The quantitative estimate of drug-likeness (QED) is 0.461. The molecule has 9 heteroatoms. The van der Waals surface area contributed by atoms with Gasteiger partial charge in [-0.3, -0.25) is 14.9 Å². The molecule has 2 aromatic carbocycles. The van der Waals surface area contributed by atoms with E-state index in [0.29, 0.717) is 11.3 Å². The van der Waals surface area contributed by atoms with Crippen molar-refractivity contribution in [2.45, 2.75) is 6.92 Å². The molecule has 2 rings (SSSR count). The van der Waals surface area contributed by atoms with Crippen LogP contribution >= 0.6 is 0 Å². The van der Waals surface area contributed by atoms with Gasteiger partial charge in [0.25, 0.3) is 11.6 Å². The van der Waals surface area contributed by atoms with E-state index in [1.807, 2.05) is 0 Å². The van der Waals surface area contributed by atoms with Crippen molar-refractivity contribution in [2.24, 2.45) is 0 Å². The van der Waals surface area contributed by atoms with Crippen molar-refractivity contribution in [2.75, 3.05) is 18.5 Å². The zero-order valence-corrected chi connectivity index (χ0v) is 13.7. The monoisotopic (exact) mass is 362 g/mol. The van der Waals surface area contributed by atoms with Gasteiger partial charge in [-0.15, -0.1) is 0 Å². The molecule has 0 radical (unpaired) electrons. The number of non-ortho nitro benzene ring substituents is 1. The number of hydrogen-bond donors (Lipinski definition) is 1. The van der Waals surface area contributed by atoms with Crippen LogP contribution < -0.4 is 10.1 Å². The number of hydrogen-bond acceptors (Lipinski definition) is 6. The van der Waals surface area contributed by atoms with Gasteiger partial charge in [-0.1, -0.05) is 6.07 Å². The van der Waals surface area contributed by atoms with Crippen molar-refractivity contribution in [3.05, 3.63) is 64.0 Å². The zero-order chi connectivity index (χ0) is 19.1. The molecule has 8 nitrogen and oxygen atoms in total. The third kappa shape index (κ3) is 5.55. The minimum atomic E-state index is -0.801. The number of nitro groups is 1. The lowest BCUT2D eigenvalue weighted by atomic mass is 10.2. The number of nitrogens with zero attached hydrogens (tertiary/aromatic N) is 1. The fraction of sp³-hybridized carbons (Fsp3) is 0.176. The highest BCUT2D eigenvalue weighted by atomic mass is 19.1. The summed E-state index contributed by atoms with van der Waals surface area (Å²) in [5.74, 6) is -1.76. The molecule has 0 unspecified atom stereocenters. The summed E-state index contributed by atoms with van der Waals surface area (Å²) in [7, 11) is 0. The average molecular weight is 362 g/mol. The second-order valence-electron chi connectivity index (χ2n) is 5.21. The predicted molar refractivity (Wildman–Crippen MR) is 89.3 cm³/mol. The Labute approximate surface area is 147 Å². The van der Waals surface area contributed by atoms with E-state index < -0.39 is 35.8 Å². The zero-order valence-electron chi connectivity index (χ0n) is 13.7. The summed E-state index contributed by atoms with van der Waals surface area (Å²) in [6, 6.07) is 9.19. The Hall–Kier alpha value is -3.49. The van der Waals surface area contributed by atoms with Crippen LogP contribution in [0.3, 0.4) is 0 Å². The molecule has 0 saturated carbocycles. The number of nitro benzene ring substituents is 1. The van der Waals surface area contributed by atoms with Crippen LogP contribution in [-0.2, 0) is 14.3 Å².